The van der Waals surface area contributed by atoms with E-state index in [2.05, 4.69) is 11.0 Å². The lowest BCUT2D eigenvalue weighted by atomic mass is 10.1. The summed E-state index contributed by atoms with van der Waals surface area (Å²) < 4.78 is 11.2. The van der Waals surface area contributed by atoms with Crippen molar-refractivity contribution in [3.8, 4) is 0 Å². The Morgan fingerprint density at radius 1 is 1.15 bits per heavy atom. The largest absolute Gasteiger partial charge is 0.392 e. The van der Waals surface area contributed by atoms with Gasteiger partial charge in [-0.1, -0.05) is 24.3 Å². The second kappa shape index (κ2) is 10.0. The molecular formula is C20H30N2O4. The number of rotatable bonds is 7. The van der Waals surface area contributed by atoms with Gasteiger partial charge in [-0.25, -0.2) is 0 Å². The topological polar surface area (TPSA) is 62.2 Å². The molecule has 0 aromatic heterocycles. The van der Waals surface area contributed by atoms with Crippen molar-refractivity contribution in [1.29, 1.82) is 0 Å². The summed E-state index contributed by atoms with van der Waals surface area (Å²) in [5.41, 5.74) is 2.13. The number of carbonyl (C=O) groups excluding carboxylic acids is 1. The summed E-state index contributed by atoms with van der Waals surface area (Å²) in [6, 6.07) is 7.97. The molecule has 2 heterocycles. The molecule has 1 N–H and O–H groups in total. The summed E-state index contributed by atoms with van der Waals surface area (Å²) in [4.78, 5) is 16.5. The average Bonchev–Trinajstić information content (AvgIpc) is 2.70. The molecule has 0 spiro atoms. The summed E-state index contributed by atoms with van der Waals surface area (Å²) in [6.45, 7) is 5.49. The fourth-order valence-corrected chi connectivity index (χ4v) is 3.57. The second-order valence-corrected chi connectivity index (χ2v) is 7.09. The van der Waals surface area contributed by atoms with Crippen molar-refractivity contribution < 1.29 is 19.4 Å². The van der Waals surface area contributed by atoms with Crippen LogP contribution in [0.3, 0.4) is 0 Å². The Morgan fingerprint density at radius 2 is 1.92 bits per heavy atom. The van der Waals surface area contributed by atoms with Gasteiger partial charge in [-0.3, -0.25) is 9.69 Å². The molecule has 1 unspecified atom stereocenters. The Morgan fingerprint density at radius 3 is 2.62 bits per heavy atom. The highest BCUT2D eigenvalue weighted by Crippen LogP contribution is 2.14. The van der Waals surface area contributed by atoms with Gasteiger partial charge in [0.2, 0.25) is 5.91 Å². The molecule has 2 aliphatic rings. The first-order valence-electron chi connectivity index (χ1n) is 9.63. The Hall–Kier alpha value is -1.47. The quantitative estimate of drug-likeness (QED) is 0.795. The molecule has 2 aliphatic heterocycles. The maximum atomic E-state index is 12.3. The zero-order chi connectivity index (χ0) is 18.2. The van der Waals surface area contributed by atoms with Crippen molar-refractivity contribution >= 4 is 5.91 Å². The van der Waals surface area contributed by atoms with Crippen molar-refractivity contribution in [3.63, 3.8) is 0 Å². The van der Waals surface area contributed by atoms with Gasteiger partial charge in [0.15, 0.2) is 0 Å². The molecule has 0 saturated carbocycles. The lowest BCUT2D eigenvalue weighted by Crippen LogP contribution is -2.49. The molecule has 6 nitrogen and oxygen atoms in total. The molecule has 1 aromatic carbocycles. The summed E-state index contributed by atoms with van der Waals surface area (Å²) in [5, 5.41) is 9.45. The molecule has 2 saturated heterocycles. The van der Waals surface area contributed by atoms with E-state index in [9.17, 15) is 9.90 Å². The van der Waals surface area contributed by atoms with Crippen LogP contribution in [-0.4, -0.2) is 72.9 Å². The number of hydrogen-bond donors (Lipinski definition) is 1. The Bertz CT molecular complexity index is 567. The Kier molecular flexibility index (Phi) is 7.43. The minimum atomic E-state index is 0.0659. The van der Waals surface area contributed by atoms with Gasteiger partial charge in [0.25, 0.3) is 0 Å². The first-order valence-corrected chi connectivity index (χ1v) is 9.63. The third-order valence-electron chi connectivity index (χ3n) is 5.21. The van der Waals surface area contributed by atoms with Gasteiger partial charge in [-0.15, -0.1) is 0 Å². The van der Waals surface area contributed by atoms with Gasteiger partial charge in [0, 0.05) is 39.3 Å². The number of aliphatic hydroxyl groups excluding tert-OH is 1. The molecule has 144 valence electrons. The highest BCUT2D eigenvalue weighted by atomic mass is 16.5. The van der Waals surface area contributed by atoms with Crippen molar-refractivity contribution in [2.45, 2.75) is 38.5 Å². The van der Waals surface area contributed by atoms with E-state index in [0.29, 0.717) is 6.61 Å². The molecule has 1 amide bonds. The molecular weight excluding hydrogens is 332 g/mol. The Labute approximate surface area is 155 Å². The number of aliphatic hydroxyl groups is 1. The van der Waals surface area contributed by atoms with Crippen LogP contribution in [0, 0.1) is 0 Å². The predicted octanol–water partition coefficient (Wildman–Crippen LogP) is 1.41. The predicted molar refractivity (Wildman–Crippen MR) is 98.6 cm³/mol. The molecule has 3 rings (SSSR count). The zero-order valence-electron chi connectivity index (χ0n) is 15.4. The van der Waals surface area contributed by atoms with E-state index in [-0.39, 0.29) is 25.2 Å². The summed E-state index contributed by atoms with van der Waals surface area (Å²) in [6.07, 6.45) is 3.49. The van der Waals surface area contributed by atoms with Crippen molar-refractivity contribution in [1.82, 2.24) is 9.80 Å². The maximum Gasteiger partial charge on any atom is 0.248 e. The van der Waals surface area contributed by atoms with Gasteiger partial charge >= 0.3 is 0 Å². The zero-order valence-corrected chi connectivity index (χ0v) is 15.4. The fourth-order valence-electron chi connectivity index (χ4n) is 3.57. The van der Waals surface area contributed by atoms with Crippen LogP contribution in [0.4, 0.5) is 0 Å². The number of amides is 1. The van der Waals surface area contributed by atoms with E-state index in [1.165, 1.54) is 6.42 Å². The van der Waals surface area contributed by atoms with Crippen LogP contribution < -0.4 is 0 Å². The van der Waals surface area contributed by atoms with Gasteiger partial charge in [-0.05, 0) is 30.4 Å². The SMILES string of the molecule is O=C(COCC1CCCCO1)N1CCN(Cc2ccccc2CO)CC1. The second-order valence-electron chi connectivity index (χ2n) is 7.09. The number of ether oxygens (including phenoxy) is 2. The number of nitrogens with zero attached hydrogens (tertiary/aromatic N) is 2. The summed E-state index contributed by atoms with van der Waals surface area (Å²) >= 11 is 0. The monoisotopic (exact) mass is 362 g/mol. The van der Waals surface area contributed by atoms with Crippen LogP contribution in [0.5, 0.6) is 0 Å². The van der Waals surface area contributed by atoms with Crippen LogP contribution in [0.25, 0.3) is 0 Å². The third-order valence-corrected chi connectivity index (χ3v) is 5.21. The van der Waals surface area contributed by atoms with Gasteiger partial charge < -0.3 is 19.5 Å². The number of carbonyl (C=O) groups is 1. The number of piperazine rings is 1. The van der Waals surface area contributed by atoms with Crippen molar-refractivity contribution in [2.75, 3.05) is 46.0 Å². The van der Waals surface area contributed by atoms with Crippen LogP contribution in [-0.2, 0) is 27.4 Å². The van der Waals surface area contributed by atoms with E-state index in [1.54, 1.807) is 0 Å². The fraction of sp³-hybridized carbons (Fsp3) is 0.650. The average molecular weight is 362 g/mol. The summed E-state index contributed by atoms with van der Waals surface area (Å²) in [5.74, 6) is 0.0659. The molecule has 0 bridgehead atoms. The first kappa shape index (κ1) is 19.3. The molecule has 0 radical (unpaired) electrons. The molecule has 6 heteroatoms. The maximum absolute atomic E-state index is 12.3. The number of hydrogen-bond acceptors (Lipinski definition) is 5. The normalized spacial score (nSPS) is 21.7. The van der Waals surface area contributed by atoms with Crippen molar-refractivity contribution in [2.24, 2.45) is 0 Å². The van der Waals surface area contributed by atoms with E-state index >= 15 is 0 Å². The van der Waals surface area contributed by atoms with Crippen molar-refractivity contribution in [3.05, 3.63) is 35.4 Å². The minimum absolute atomic E-state index is 0.0659. The molecule has 1 aromatic rings. The number of benzene rings is 1. The van der Waals surface area contributed by atoms with Gasteiger partial charge in [-0.2, -0.15) is 0 Å². The molecule has 26 heavy (non-hydrogen) atoms. The minimum Gasteiger partial charge on any atom is -0.392 e. The van der Waals surface area contributed by atoms with Crippen LogP contribution >= 0.6 is 0 Å². The highest BCUT2D eigenvalue weighted by Gasteiger charge is 2.22. The van der Waals surface area contributed by atoms with Gasteiger partial charge in [0.05, 0.1) is 19.3 Å². The molecule has 2 fully saturated rings. The lowest BCUT2D eigenvalue weighted by molar-refractivity contribution is -0.140. The molecule has 0 aliphatic carbocycles. The standard InChI is InChI=1S/C20H30N2O4/c23-14-18-6-2-1-5-17(18)13-21-8-10-22(11-9-21)20(24)16-25-15-19-7-3-4-12-26-19/h1-2,5-6,19,23H,3-4,7-16H2. The van der Waals surface area contributed by atoms with E-state index in [0.717, 1.165) is 63.3 Å². The molecule has 1 atom stereocenters. The van der Waals surface area contributed by atoms with E-state index in [1.807, 2.05) is 23.1 Å². The smallest absolute Gasteiger partial charge is 0.248 e. The Balaban J connectivity index is 1.36. The van der Waals surface area contributed by atoms with Crippen LogP contribution in [0.1, 0.15) is 30.4 Å². The third kappa shape index (κ3) is 5.51. The van der Waals surface area contributed by atoms with Gasteiger partial charge in [0.1, 0.15) is 6.61 Å². The van der Waals surface area contributed by atoms with Crippen LogP contribution in [0.15, 0.2) is 24.3 Å². The lowest BCUT2D eigenvalue weighted by Gasteiger charge is -2.35. The highest BCUT2D eigenvalue weighted by molar-refractivity contribution is 5.77. The van der Waals surface area contributed by atoms with Crippen LogP contribution in [0.2, 0.25) is 0 Å². The van der Waals surface area contributed by atoms with E-state index < -0.39 is 0 Å². The summed E-state index contributed by atoms with van der Waals surface area (Å²) in [7, 11) is 0. The van der Waals surface area contributed by atoms with E-state index in [4.69, 9.17) is 9.47 Å². The first-order chi connectivity index (χ1) is 12.8.